The standard InChI is InChI=1S/C68H100N16O21/c1-6-35(3)15-11-12-18-40(86)27-52(88)77-50(34-85)65(101)84-58-37(5)105-68(104)49(25-38-16-9-8-10-17-38)82-62(98)44(22-24-70)78-66(102)57(36(4)7-2)83-64(100)45(26-39-31-72-42-20-14-13-19-41(39)42)75-53(89)32-73-60(96)48(30-56(93)94)81-63(99)46(28-51(71)87)76-54(90)33-74-59(95)47(29-55(91)92)80-61(97)43(21-23-69)79-67(58)103/h8-10,13-14,16-17,19-20,31,35-37,40,43-50,57-58,72,85-86H,6-7,11-12,15,18,21-30,32-34,69-70H2,1-5H3,(H2,71,87)(H,73,96)(H,74,95)(H,75,89)(H,76,90)(H,77,88)(H,78,102)(H,79,103)(H,80,97)(H,81,99)(H,82,98)(H,83,100)(H,84,101)(H,91,92)(H,93,94)/t35?,36-,37+,40?,43+,44-,45-,46+,47-,48+,49-,50-,57-,58-/m0/s1. The van der Waals surface area contributed by atoms with Gasteiger partial charge in [0.25, 0.3) is 0 Å². The predicted molar refractivity (Wildman–Crippen MR) is 374 cm³/mol. The van der Waals surface area contributed by atoms with Gasteiger partial charge in [0.2, 0.25) is 76.8 Å². The van der Waals surface area contributed by atoms with Crippen LogP contribution in [0.25, 0.3) is 10.9 Å². The number of hydrogen-bond acceptors (Lipinski definition) is 21. The Kier molecular flexibility index (Phi) is 36.4. The number of nitrogens with two attached hydrogens (primary N) is 3. The van der Waals surface area contributed by atoms with E-state index in [0.717, 1.165) is 26.2 Å². The fourth-order valence-corrected chi connectivity index (χ4v) is 11.0. The molecule has 1 aliphatic heterocycles. The van der Waals surface area contributed by atoms with E-state index in [9.17, 15) is 97.1 Å². The Bertz CT molecular complexity index is 3520. The summed E-state index contributed by atoms with van der Waals surface area (Å²) in [5.74, 6) is -20.5. The first-order valence-corrected chi connectivity index (χ1v) is 34.6. The van der Waals surface area contributed by atoms with E-state index in [2.05, 4.69) is 70.4 Å². The molecule has 2 unspecified atom stereocenters. The normalized spacial score (nSPS) is 23.3. The number of para-hydroxylation sites is 1. The molecule has 37 heteroatoms. The highest BCUT2D eigenvalue weighted by Gasteiger charge is 2.40. The Morgan fingerprint density at radius 3 is 1.64 bits per heavy atom. The van der Waals surface area contributed by atoms with Crippen molar-refractivity contribution in [3.63, 3.8) is 0 Å². The van der Waals surface area contributed by atoms with Gasteiger partial charge in [-0.25, -0.2) is 4.79 Å². The van der Waals surface area contributed by atoms with Crippen LogP contribution < -0.4 is 81.0 Å². The van der Waals surface area contributed by atoms with Crippen molar-refractivity contribution in [3.05, 3.63) is 71.9 Å². The van der Waals surface area contributed by atoms with E-state index in [1.54, 1.807) is 74.6 Å². The summed E-state index contributed by atoms with van der Waals surface area (Å²) in [7, 11) is 0. The number of carboxylic acid groups (broad SMARTS) is 2. The second-order valence-electron chi connectivity index (χ2n) is 25.7. The number of aliphatic hydroxyl groups excluding tert-OH is 2. The van der Waals surface area contributed by atoms with Crippen molar-refractivity contribution < 1.29 is 102 Å². The van der Waals surface area contributed by atoms with E-state index in [1.807, 2.05) is 12.2 Å². The second-order valence-corrected chi connectivity index (χ2v) is 25.7. The molecule has 1 saturated heterocycles. The van der Waals surface area contributed by atoms with Crippen LogP contribution in [0.1, 0.15) is 123 Å². The lowest BCUT2D eigenvalue weighted by Gasteiger charge is -2.30. The fourth-order valence-electron chi connectivity index (χ4n) is 11.0. The molecule has 13 amide bonds. The number of carboxylic acids is 2. The molecular formula is C68H100N16O21. The maximum atomic E-state index is 14.8. The summed E-state index contributed by atoms with van der Waals surface area (Å²) in [6.45, 7) is 4.55. The largest absolute Gasteiger partial charge is 0.481 e. The van der Waals surface area contributed by atoms with Gasteiger partial charge in [-0.3, -0.25) is 71.9 Å². The molecule has 3 aromatic rings. The maximum absolute atomic E-state index is 14.8. The fraction of sp³-hybridized carbons (Fsp3) is 0.559. The highest BCUT2D eigenvalue weighted by Crippen LogP contribution is 2.21. The van der Waals surface area contributed by atoms with Gasteiger partial charge in [-0.15, -0.1) is 0 Å². The number of unbranched alkanes of at least 4 members (excludes halogenated alkanes) is 1. The van der Waals surface area contributed by atoms with Crippen molar-refractivity contribution in [2.75, 3.05) is 32.8 Å². The van der Waals surface area contributed by atoms with Gasteiger partial charge in [-0.1, -0.05) is 108 Å². The van der Waals surface area contributed by atoms with Gasteiger partial charge >= 0.3 is 17.9 Å². The zero-order chi connectivity index (χ0) is 78.0. The number of aromatic amines is 1. The number of primary amides is 1. The van der Waals surface area contributed by atoms with E-state index in [1.165, 1.54) is 0 Å². The average molecular weight is 1480 g/mol. The number of hydrogen-bond donors (Lipinski definition) is 20. The Labute approximate surface area is 605 Å². The number of amides is 13. The summed E-state index contributed by atoms with van der Waals surface area (Å²) in [5.41, 5.74) is 18.8. The zero-order valence-electron chi connectivity index (χ0n) is 59.3. The molecule has 23 N–H and O–H groups in total. The third kappa shape index (κ3) is 29.5. The summed E-state index contributed by atoms with van der Waals surface area (Å²) in [5, 5.41) is 69.2. The zero-order valence-corrected chi connectivity index (χ0v) is 59.3. The SMILES string of the molecule is CCC(C)CCCCC(O)CC(=O)N[C@@H](CO)C(=O)N[C@@H]1C(=O)N[C@H](CCN)C(=O)N[C@@H](CC(=O)O)C(=O)NCC(=O)N[C@H](CC(N)=O)C(=O)N[C@H](CC(=O)O)C(=O)NCC(=O)N[C@@H](Cc2c[nH]c3ccccc23)C(=O)N[C@@H]([C@@H](C)CC)C(=O)N[C@@H](CCN)C(=O)N[C@@H](Cc2ccccc2)C(=O)O[C@@H]1C. The number of carbonyl (C=O) groups is 16. The molecular weight excluding hydrogens is 1380 g/mol. The van der Waals surface area contributed by atoms with Crippen LogP contribution in [0.4, 0.5) is 0 Å². The van der Waals surface area contributed by atoms with Crippen LogP contribution >= 0.6 is 0 Å². The molecule has 2 heterocycles. The number of aliphatic carboxylic acids is 2. The van der Waals surface area contributed by atoms with Crippen molar-refractivity contribution in [1.29, 1.82) is 0 Å². The number of aromatic nitrogens is 1. The summed E-state index contributed by atoms with van der Waals surface area (Å²) < 4.78 is 5.87. The molecule has 0 bridgehead atoms. The van der Waals surface area contributed by atoms with Crippen LogP contribution in [0.5, 0.6) is 0 Å². The quantitative estimate of drug-likeness (QED) is 0.0239. The minimum atomic E-state index is -2.14. The first kappa shape index (κ1) is 86.7. The van der Waals surface area contributed by atoms with Gasteiger partial charge in [0.05, 0.1) is 51.5 Å². The monoisotopic (exact) mass is 1480 g/mol. The molecule has 37 nitrogen and oxygen atoms in total. The van der Waals surface area contributed by atoms with Crippen LogP contribution in [0.2, 0.25) is 0 Å². The number of nitrogens with one attached hydrogen (secondary N) is 13. The van der Waals surface area contributed by atoms with E-state index in [-0.39, 0.29) is 38.6 Å². The lowest BCUT2D eigenvalue weighted by Crippen LogP contribution is -2.62. The summed E-state index contributed by atoms with van der Waals surface area (Å²) in [6, 6.07) is -3.51. The number of cyclic esters (lactones) is 1. The van der Waals surface area contributed by atoms with Gasteiger partial charge < -0.3 is 111 Å². The molecule has 14 atom stereocenters. The van der Waals surface area contributed by atoms with Gasteiger partial charge in [0.15, 0.2) is 0 Å². The highest BCUT2D eigenvalue weighted by atomic mass is 16.5. The molecule has 2 aromatic carbocycles. The van der Waals surface area contributed by atoms with E-state index in [0.29, 0.717) is 34.4 Å². The van der Waals surface area contributed by atoms with Crippen molar-refractivity contribution in [1.82, 2.24) is 68.8 Å². The number of ether oxygens (including phenoxy) is 1. The number of H-pyrrole nitrogens is 1. The van der Waals surface area contributed by atoms with Crippen LogP contribution in [0.3, 0.4) is 0 Å². The number of fused-ring (bicyclic) bond motifs is 1. The molecule has 1 aliphatic rings. The third-order valence-corrected chi connectivity index (χ3v) is 17.3. The van der Waals surface area contributed by atoms with Crippen molar-refractivity contribution >= 4 is 106 Å². The number of carbonyl (C=O) groups excluding carboxylic acids is 14. The van der Waals surface area contributed by atoms with Crippen molar-refractivity contribution in [2.45, 2.75) is 197 Å². The third-order valence-electron chi connectivity index (χ3n) is 17.3. The lowest BCUT2D eigenvalue weighted by molar-refractivity contribution is -0.156. The first-order valence-electron chi connectivity index (χ1n) is 34.6. The van der Waals surface area contributed by atoms with E-state index >= 15 is 0 Å². The summed E-state index contributed by atoms with van der Waals surface area (Å²) >= 11 is 0. The maximum Gasteiger partial charge on any atom is 0.329 e. The number of benzene rings is 2. The number of rotatable bonds is 28. The van der Waals surface area contributed by atoms with Crippen molar-refractivity contribution in [3.8, 4) is 0 Å². The van der Waals surface area contributed by atoms with Gasteiger partial charge in [0, 0.05) is 29.9 Å². The molecule has 0 aliphatic carbocycles. The van der Waals surface area contributed by atoms with Crippen LogP contribution in [-0.2, 0) is 94.3 Å². The van der Waals surface area contributed by atoms with Crippen molar-refractivity contribution in [2.24, 2.45) is 29.0 Å². The van der Waals surface area contributed by atoms with Gasteiger partial charge in [-0.2, -0.15) is 0 Å². The topological polar surface area (TPSA) is 601 Å². The van der Waals surface area contributed by atoms with Gasteiger partial charge in [-0.05, 0) is 68.3 Å². The summed E-state index contributed by atoms with van der Waals surface area (Å²) in [4.78, 5) is 223. The predicted octanol–water partition coefficient (Wildman–Crippen LogP) is -5.10. The Hall–Kier alpha value is -10.7. The minimum Gasteiger partial charge on any atom is -0.481 e. The van der Waals surface area contributed by atoms with E-state index < -0.39 is 232 Å². The van der Waals surface area contributed by atoms with Crippen LogP contribution in [-0.4, -0.2) is 226 Å². The van der Waals surface area contributed by atoms with Gasteiger partial charge in [0.1, 0.15) is 66.5 Å². The molecule has 1 fully saturated rings. The molecule has 1 aromatic heterocycles. The van der Waals surface area contributed by atoms with Crippen LogP contribution in [0, 0.1) is 11.8 Å². The Morgan fingerprint density at radius 2 is 1.10 bits per heavy atom. The molecule has 105 heavy (non-hydrogen) atoms. The molecule has 0 radical (unpaired) electrons. The second kappa shape index (κ2) is 44.1. The Balaban J connectivity index is 1.86. The minimum absolute atomic E-state index is 0.217. The smallest absolute Gasteiger partial charge is 0.329 e. The Morgan fingerprint density at radius 1 is 0.590 bits per heavy atom. The van der Waals surface area contributed by atoms with Crippen LogP contribution in [0.15, 0.2) is 60.8 Å². The molecule has 4 rings (SSSR count). The average Bonchev–Trinajstić information content (AvgIpc) is 1.72. The number of esters is 1. The molecule has 578 valence electrons. The number of aliphatic hydroxyl groups is 2. The molecule has 0 saturated carbocycles. The van der Waals surface area contributed by atoms with E-state index in [4.69, 9.17) is 21.9 Å². The first-order chi connectivity index (χ1) is 49.8. The lowest BCUT2D eigenvalue weighted by atomic mass is 9.96. The molecule has 0 spiro atoms. The summed E-state index contributed by atoms with van der Waals surface area (Å²) in [6.07, 6.45) is -3.23. The highest BCUT2D eigenvalue weighted by molar-refractivity contribution is 6.01.